The molecule has 3 N–H and O–H groups in total. The largest absolute Gasteiger partial charge is 0.508 e. The van der Waals surface area contributed by atoms with Crippen molar-refractivity contribution in [1.29, 1.82) is 0 Å². The summed E-state index contributed by atoms with van der Waals surface area (Å²) >= 11 is 5.92. The predicted octanol–water partition coefficient (Wildman–Crippen LogP) is 1.86. The zero-order valence-corrected chi connectivity index (χ0v) is 14.2. The third-order valence-corrected chi connectivity index (χ3v) is 4.81. The van der Waals surface area contributed by atoms with E-state index in [0.717, 1.165) is 11.3 Å². The van der Waals surface area contributed by atoms with Gasteiger partial charge in [0.25, 0.3) is 0 Å². The Balaban J connectivity index is 1.85. The number of likely N-dealkylation sites (N-methyl/N-ethyl adjacent to an activating group) is 1. The summed E-state index contributed by atoms with van der Waals surface area (Å²) in [5.41, 5.74) is 1.62. The first-order valence-electron chi connectivity index (χ1n) is 7.76. The second-order valence-electron chi connectivity index (χ2n) is 6.23. The maximum Gasteiger partial charge on any atom is 0.224 e. The van der Waals surface area contributed by atoms with Crippen LogP contribution < -0.4 is 4.90 Å². The van der Waals surface area contributed by atoms with Crippen molar-refractivity contribution in [3.05, 3.63) is 46.9 Å². The zero-order valence-electron chi connectivity index (χ0n) is 13.5. The molecule has 7 heteroatoms. The van der Waals surface area contributed by atoms with E-state index in [1.807, 2.05) is 18.9 Å². The minimum atomic E-state index is -0.914. The van der Waals surface area contributed by atoms with Crippen LogP contribution in [0, 0.1) is 6.92 Å². The quantitative estimate of drug-likeness (QED) is 0.733. The molecule has 6 nitrogen and oxygen atoms in total. The van der Waals surface area contributed by atoms with Gasteiger partial charge in [-0.2, -0.15) is 0 Å². The molecular formula is C17H20ClN3O3. The first-order chi connectivity index (χ1) is 11.4. The molecule has 0 amide bonds. The summed E-state index contributed by atoms with van der Waals surface area (Å²) in [6, 6.07) is 8.19. The van der Waals surface area contributed by atoms with Gasteiger partial charge in [0, 0.05) is 24.7 Å². The number of hydrogen-bond donors (Lipinski definition) is 3. The molecule has 1 aromatic carbocycles. The molecule has 1 aliphatic rings. The van der Waals surface area contributed by atoms with Gasteiger partial charge in [0.2, 0.25) is 5.28 Å². The first kappa shape index (κ1) is 17.0. The van der Waals surface area contributed by atoms with E-state index in [1.165, 1.54) is 0 Å². The van der Waals surface area contributed by atoms with Crippen LogP contribution in [0.5, 0.6) is 5.75 Å². The van der Waals surface area contributed by atoms with Gasteiger partial charge in [0.05, 0.1) is 12.1 Å². The lowest BCUT2D eigenvalue weighted by molar-refractivity contribution is 0.0279. The highest BCUT2D eigenvalue weighted by Gasteiger charge is 2.44. The number of aliphatic hydroxyl groups excluding tert-OH is 2. The normalized spacial score (nSPS) is 26.5. The molecule has 0 radical (unpaired) electrons. The fourth-order valence-electron chi connectivity index (χ4n) is 3.31. The minimum absolute atomic E-state index is 0.153. The maximum absolute atomic E-state index is 10.5. The number of halogens is 1. The van der Waals surface area contributed by atoms with E-state index in [9.17, 15) is 15.3 Å². The van der Waals surface area contributed by atoms with E-state index in [4.69, 9.17) is 11.6 Å². The summed E-state index contributed by atoms with van der Waals surface area (Å²) in [5.74, 6) is 0.563. The lowest BCUT2D eigenvalue weighted by atomic mass is 9.95. The van der Waals surface area contributed by atoms with Crippen LogP contribution in [0.15, 0.2) is 30.3 Å². The number of benzene rings is 1. The molecule has 128 valence electrons. The van der Waals surface area contributed by atoms with Crippen molar-refractivity contribution >= 4 is 17.4 Å². The second-order valence-corrected chi connectivity index (χ2v) is 6.57. The molecule has 0 unspecified atom stereocenters. The van der Waals surface area contributed by atoms with E-state index < -0.39 is 12.2 Å². The van der Waals surface area contributed by atoms with Crippen LogP contribution in [0.1, 0.15) is 23.6 Å². The van der Waals surface area contributed by atoms with Gasteiger partial charge in [-0.3, -0.25) is 0 Å². The highest BCUT2D eigenvalue weighted by atomic mass is 35.5. The molecule has 1 fully saturated rings. The van der Waals surface area contributed by atoms with Crippen LogP contribution in [0.25, 0.3) is 0 Å². The summed E-state index contributed by atoms with van der Waals surface area (Å²) in [4.78, 5) is 10.1. The van der Waals surface area contributed by atoms with Crippen molar-refractivity contribution in [2.24, 2.45) is 0 Å². The summed E-state index contributed by atoms with van der Waals surface area (Å²) in [5, 5.41) is 30.5. The Morgan fingerprint density at radius 3 is 2.42 bits per heavy atom. The molecule has 1 aliphatic carbocycles. The van der Waals surface area contributed by atoms with E-state index in [0.29, 0.717) is 12.2 Å². The third kappa shape index (κ3) is 3.17. The smallest absolute Gasteiger partial charge is 0.224 e. The van der Waals surface area contributed by atoms with Crippen molar-refractivity contribution in [3.63, 3.8) is 0 Å². The van der Waals surface area contributed by atoms with Crippen LogP contribution in [0.3, 0.4) is 0 Å². The van der Waals surface area contributed by atoms with Crippen LogP contribution in [-0.2, 0) is 0 Å². The first-order valence-corrected chi connectivity index (χ1v) is 8.13. The van der Waals surface area contributed by atoms with Crippen molar-refractivity contribution in [3.8, 4) is 5.75 Å². The molecule has 2 aromatic rings. The highest BCUT2D eigenvalue weighted by molar-refractivity contribution is 6.28. The molecule has 0 aliphatic heterocycles. The van der Waals surface area contributed by atoms with Gasteiger partial charge in [-0.15, -0.1) is 0 Å². The Labute approximate surface area is 145 Å². The molecule has 1 aromatic heterocycles. The number of anilines is 1. The number of aryl methyl sites for hydroxylation is 1. The maximum atomic E-state index is 10.5. The van der Waals surface area contributed by atoms with E-state index in [2.05, 4.69) is 9.97 Å². The number of nitrogens with zero attached hydrogens (tertiary/aromatic N) is 3. The molecule has 0 saturated heterocycles. The number of hydrogen-bond acceptors (Lipinski definition) is 6. The standard InChI is InChI=1S/C17H20ClN3O3/c1-9-7-14(20-17(18)19-9)21(2)13-8-12(15(23)16(13)24)10-3-5-11(22)6-4-10/h3-7,12-13,15-16,22-24H,8H2,1-2H3/t12-,13-,15-,16+/m1/s1. The summed E-state index contributed by atoms with van der Waals surface area (Å²) in [6.07, 6.45) is -1.24. The van der Waals surface area contributed by atoms with Crippen LogP contribution in [-0.4, -0.2) is 50.6 Å². The van der Waals surface area contributed by atoms with E-state index in [1.54, 1.807) is 30.3 Å². The van der Waals surface area contributed by atoms with Gasteiger partial charge >= 0.3 is 0 Å². The minimum Gasteiger partial charge on any atom is -0.508 e. The predicted molar refractivity (Wildman–Crippen MR) is 91.4 cm³/mol. The topological polar surface area (TPSA) is 89.7 Å². The zero-order chi connectivity index (χ0) is 17.4. The highest BCUT2D eigenvalue weighted by Crippen LogP contribution is 2.38. The van der Waals surface area contributed by atoms with Crippen LogP contribution in [0.4, 0.5) is 5.82 Å². The van der Waals surface area contributed by atoms with Gasteiger partial charge in [0.1, 0.15) is 17.7 Å². The Morgan fingerprint density at radius 1 is 1.12 bits per heavy atom. The molecule has 0 bridgehead atoms. The summed E-state index contributed by atoms with van der Waals surface area (Å²) in [7, 11) is 1.82. The van der Waals surface area contributed by atoms with Crippen LogP contribution in [0.2, 0.25) is 5.28 Å². The second kappa shape index (κ2) is 6.55. The van der Waals surface area contributed by atoms with Crippen molar-refractivity contribution < 1.29 is 15.3 Å². The number of aliphatic hydroxyl groups is 2. The van der Waals surface area contributed by atoms with E-state index in [-0.39, 0.29) is 23.0 Å². The van der Waals surface area contributed by atoms with Crippen molar-refractivity contribution in [1.82, 2.24) is 9.97 Å². The van der Waals surface area contributed by atoms with Gasteiger partial charge in [-0.1, -0.05) is 12.1 Å². The Hall–Kier alpha value is -1.89. The lowest BCUT2D eigenvalue weighted by Crippen LogP contribution is -2.41. The van der Waals surface area contributed by atoms with Crippen LogP contribution >= 0.6 is 11.6 Å². The molecule has 1 saturated carbocycles. The number of aromatic nitrogens is 2. The van der Waals surface area contributed by atoms with Gasteiger partial charge in [-0.05, 0) is 42.6 Å². The summed E-state index contributed by atoms with van der Waals surface area (Å²) < 4.78 is 0. The molecule has 24 heavy (non-hydrogen) atoms. The summed E-state index contributed by atoms with van der Waals surface area (Å²) in [6.45, 7) is 1.82. The number of phenols is 1. The molecular weight excluding hydrogens is 330 g/mol. The molecule has 1 heterocycles. The van der Waals surface area contributed by atoms with Crippen molar-refractivity contribution in [2.75, 3.05) is 11.9 Å². The fourth-order valence-corrected chi connectivity index (χ4v) is 3.53. The van der Waals surface area contributed by atoms with Gasteiger partial charge in [0.15, 0.2) is 0 Å². The lowest BCUT2D eigenvalue weighted by Gasteiger charge is -2.28. The monoisotopic (exact) mass is 349 g/mol. The van der Waals surface area contributed by atoms with Gasteiger partial charge < -0.3 is 20.2 Å². The molecule has 3 rings (SSSR count). The Bertz CT molecular complexity index is 705. The molecule has 4 atom stereocenters. The Kier molecular flexibility index (Phi) is 4.62. The van der Waals surface area contributed by atoms with Gasteiger partial charge in [-0.25, -0.2) is 9.97 Å². The fraction of sp³-hybridized carbons (Fsp3) is 0.412. The average Bonchev–Trinajstić information content (AvgIpc) is 2.83. The SMILES string of the molecule is Cc1cc(N(C)[C@@H]2C[C@H](c3ccc(O)cc3)[C@@H](O)[C@H]2O)nc(Cl)n1. The number of rotatable bonds is 3. The number of phenolic OH excluding ortho intramolecular Hbond substituents is 1. The van der Waals surface area contributed by atoms with Crippen molar-refractivity contribution in [2.45, 2.75) is 37.5 Å². The molecule has 0 spiro atoms. The third-order valence-electron chi connectivity index (χ3n) is 4.65. The number of aromatic hydroxyl groups is 1. The Morgan fingerprint density at radius 2 is 1.79 bits per heavy atom. The van der Waals surface area contributed by atoms with E-state index >= 15 is 0 Å². The average molecular weight is 350 g/mol.